The van der Waals surface area contributed by atoms with E-state index in [0.29, 0.717) is 25.9 Å². The van der Waals surface area contributed by atoms with Crippen molar-refractivity contribution in [1.29, 1.82) is 0 Å². The lowest BCUT2D eigenvalue weighted by atomic mass is 9.96. The number of amides is 1. The smallest absolute Gasteiger partial charge is 0.236 e. The Morgan fingerprint density at radius 2 is 1.88 bits per heavy atom. The molecular formula is C18H26N2O3S. The Labute approximate surface area is 145 Å². The van der Waals surface area contributed by atoms with E-state index in [1.54, 1.807) is 11.0 Å². The molecule has 5 nitrogen and oxygen atoms in total. The summed E-state index contributed by atoms with van der Waals surface area (Å²) in [6.07, 6.45) is 3.72. The number of hydrogen-bond donors (Lipinski definition) is 0. The average Bonchev–Trinajstić information content (AvgIpc) is 2.60. The van der Waals surface area contributed by atoms with E-state index < -0.39 is 10.0 Å². The highest BCUT2D eigenvalue weighted by Crippen LogP contribution is 2.22. The monoisotopic (exact) mass is 350 g/mol. The van der Waals surface area contributed by atoms with E-state index in [2.05, 4.69) is 0 Å². The zero-order chi connectivity index (χ0) is 17.6. The van der Waals surface area contributed by atoms with Gasteiger partial charge in [-0.05, 0) is 30.9 Å². The lowest BCUT2D eigenvalue weighted by molar-refractivity contribution is -0.135. The summed E-state index contributed by atoms with van der Waals surface area (Å²) < 4.78 is 26.3. The summed E-state index contributed by atoms with van der Waals surface area (Å²) in [6.45, 7) is 3.59. The zero-order valence-corrected chi connectivity index (χ0v) is 15.2. The van der Waals surface area contributed by atoms with Crippen LogP contribution in [0, 0.1) is 5.92 Å². The summed E-state index contributed by atoms with van der Waals surface area (Å²) in [7, 11) is -1.62. The summed E-state index contributed by atoms with van der Waals surface area (Å²) in [5.74, 6) is 0.0693. The molecule has 1 aromatic rings. The molecule has 1 aliphatic rings. The fourth-order valence-corrected chi connectivity index (χ4v) is 4.15. The van der Waals surface area contributed by atoms with Gasteiger partial charge in [0.15, 0.2) is 0 Å². The molecule has 1 heterocycles. The van der Waals surface area contributed by atoms with E-state index in [4.69, 9.17) is 0 Å². The summed E-state index contributed by atoms with van der Waals surface area (Å²) in [5, 5.41) is 1.26. The minimum Gasteiger partial charge on any atom is -0.346 e. The highest BCUT2D eigenvalue weighted by molar-refractivity contribution is 7.92. The molecule has 0 N–H and O–H groups in total. The van der Waals surface area contributed by atoms with Gasteiger partial charge in [0.25, 0.3) is 0 Å². The summed E-state index contributed by atoms with van der Waals surface area (Å²) in [4.78, 5) is 14.1. The summed E-state index contributed by atoms with van der Waals surface area (Å²) in [6, 6.07) is 9.36. The highest BCUT2D eigenvalue weighted by Gasteiger charge is 2.31. The second kappa shape index (κ2) is 8.44. The van der Waals surface area contributed by atoms with Gasteiger partial charge in [-0.1, -0.05) is 37.3 Å². The topological polar surface area (TPSA) is 57.7 Å². The molecule has 1 fully saturated rings. The van der Waals surface area contributed by atoms with Gasteiger partial charge in [0.2, 0.25) is 15.9 Å². The molecule has 0 radical (unpaired) electrons. The molecule has 0 spiro atoms. The molecule has 0 unspecified atom stereocenters. The Morgan fingerprint density at radius 1 is 1.25 bits per heavy atom. The van der Waals surface area contributed by atoms with Gasteiger partial charge in [-0.3, -0.25) is 4.79 Å². The Hall–Kier alpha value is -1.66. The van der Waals surface area contributed by atoms with Crippen molar-refractivity contribution in [2.24, 2.45) is 5.92 Å². The Kier molecular flexibility index (Phi) is 6.57. The lowest BCUT2D eigenvalue weighted by Crippen LogP contribution is -2.43. The zero-order valence-electron chi connectivity index (χ0n) is 14.4. The molecule has 0 aromatic heterocycles. The minimum atomic E-state index is -3.43. The van der Waals surface area contributed by atoms with Crippen LogP contribution in [0.3, 0.4) is 0 Å². The molecular weight excluding hydrogens is 324 g/mol. The number of piperidine rings is 1. The van der Waals surface area contributed by atoms with Gasteiger partial charge in [0.05, 0.1) is 0 Å². The van der Waals surface area contributed by atoms with Crippen LogP contribution in [-0.2, 0) is 14.8 Å². The molecule has 1 amide bonds. The van der Waals surface area contributed by atoms with Gasteiger partial charge in [0.1, 0.15) is 0 Å². The van der Waals surface area contributed by atoms with Crippen LogP contribution >= 0.6 is 0 Å². The van der Waals surface area contributed by atoms with Crippen molar-refractivity contribution < 1.29 is 13.2 Å². The van der Waals surface area contributed by atoms with Gasteiger partial charge in [-0.2, -0.15) is 4.31 Å². The van der Waals surface area contributed by atoms with Crippen molar-refractivity contribution >= 4 is 22.0 Å². The van der Waals surface area contributed by atoms with Gasteiger partial charge in [-0.15, -0.1) is 0 Å². The van der Waals surface area contributed by atoms with Crippen LogP contribution in [0.4, 0.5) is 0 Å². The first-order valence-corrected chi connectivity index (χ1v) is 9.92. The Morgan fingerprint density at radius 3 is 2.46 bits per heavy atom. The maximum atomic E-state index is 12.4. The van der Waals surface area contributed by atoms with Gasteiger partial charge >= 0.3 is 0 Å². The van der Waals surface area contributed by atoms with Crippen molar-refractivity contribution in [3.8, 4) is 0 Å². The predicted molar refractivity (Wildman–Crippen MR) is 96.6 cm³/mol. The van der Waals surface area contributed by atoms with E-state index in [1.165, 1.54) is 9.71 Å². The van der Waals surface area contributed by atoms with Crippen LogP contribution in [0.1, 0.15) is 31.7 Å². The Balaban J connectivity index is 1.93. The maximum absolute atomic E-state index is 12.4. The Bertz CT molecular complexity index is 663. The maximum Gasteiger partial charge on any atom is 0.236 e. The highest BCUT2D eigenvalue weighted by atomic mass is 32.2. The minimum absolute atomic E-state index is 0.0638. The van der Waals surface area contributed by atoms with Crippen molar-refractivity contribution in [2.75, 3.05) is 26.7 Å². The fourth-order valence-electron chi connectivity index (χ4n) is 2.93. The second-order valence-corrected chi connectivity index (χ2v) is 8.01. The molecule has 6 heteroatoms. The van der Waals surface area contributed by atoms with Crippen molar-refractivity contribution in [2.45, 2.75) is 26.2 Å². The molecule has 0 atom stereocenters. The largest absolute Gasteiger partial charge is 0.346 e. The standard InChI is InChI=1S/C18H26N2O3S/c1-3-12-19(2)18(21)17-9-13-20(14-10-17)24(22,23)15-11-16-7-5-4-6-8-16/h4-8,11,15,17H,3,9-10,12-14H2,1-2H3. The lowest BCUT2D eigenvalue weighted by Gasteiger charge is -2.31. The van der Waals surface area contributed by atoms with Gasteiger partial charge in [-0.25, -0.2) is 8.42 Å². The number of carbonyl (C=O) groups excluding carboxylic acids is 1. The molecule has 1 saturated heterocycles. The van der Waals surface area contributed by atoms with Crippen molar-refractivity contribution in [3.63, 3.8) is 0 Å². The molecule has 2 rings (SSSR count). The molecule has 0 bridgehead atoms. The number of sulfonamides is 1. The molecule has 24 heavy (non-hydrogen) atoms. The van der Waals surface area contributed by atoms with E-state index in [1.807, 2.05) is 44.3 Å². The number of hydrogen-bond acceptors (Lipinski definition) is 3. The number of carbonyl (C=O) groups is 1. The van der Waals surface area contributed by atoms with E-state index in [0.717, 1.165) is 18.5 Å². The first-order chi connectivity index (χ1) is 11.4. The quantitative estimate of drug-likeness (QED) is 0.792. The molecule has 0 aliphatic carbocycles. The predicted octanol–water partition coefficient (Wildman–Crippen LogP) is 2.57. The average molecular weight is 350 g/mol. The van der Waals surface area contributed by atoms with E-state index in [-0.39, 0.29) is 11.8 Å². The third kappa shape index (κ3) is 4.92. The van der Waals surface area contributed by atoms with Crippen LogP contribution in [-0.4, -0.2) is 50.2 Å². The summed E-state index contributed by atoms with van der Waals surface area (Å²) >= 11 is 0. The third-order valence-corrected chi connectivity index (χ3v) is 5.90. The fraction of sp³-hybridized carbons (Fsp3) is 0.500. The first kappa shape index (κ1) is 18.7. The third-order valence-electron chi connectivity index (χ3n) is 4.33. The molecule has 1 aromatic carbocycles. The van der Waals surface area contributed by atoms with E-state index in [9.17, 15) is 13.2 Å². The molecule has 1 aliphatic heterocycles. The van der Waals surface area contributed by atoms with Crippen LogP contribution in [0.5, 0.6) is 0 Å². The number of benzene rings is 1. The number of rotatable bonds is 6. The normalized spacial score (nSPS) is 17.2. The van der Waals surface area contributed by atoms with E-state index >= 15 is 0 Å². The van der Waals surface area contributed by atoms with Crippen LogP contribution in [0.2, 0.25) is 0 Å². The molecule has 0 saturated carbocycles. The van der Waals surface area contributed by atoms with Crippen molar-refractivity contribution in [3.05, 3.63) is 41.3 Å². The van der Waals surface area contributed by atoms with Gasteiger partial charge < -0.3 is 4.90 Å². The van der Waals surface area contributed by atoms with Crippen LogP contribution < -0.4 is 0 Å². The van der Waals surface area contributed by atoms with Crippen molar-refractivity contribution in [1.82, 2.24) is 9.21 Å². The summed E-state index contributed by atoms with van der Waals surface area (Å²) in [5.41, 5.74) is 0.854. The van der Waals surface area contributed by atoms with Crippen LogP contribution in [0.25, 0.3) is 6.08 Å². The molecule has 132 valence electrons. The SMILES string of the molecule is CCCN(C)C(=O)C1CCN(S(=O)(=O)C=Cc2ccccc2)CC1. The van der Waals surface area contributed by atoms with Gasteiger partial charge in [0, 0.05) is 38.0 Å². The van der Waals surface area contributed by atoms with Crippen LogP contribution in [0.15, 0.2) is 35.7 Å². The first-order valence-electron chi connectivity index (χ1n) is 8.42. The number of nitrogens with zero attached hydrogens (tertiary/aromatic N) is 2. The second-order valence-electron chi connectivity index (χ2n) is 6.19.